The second-order valence-corrected chi connectivity index (χ2v) is 8.18. The summed E-state index contributed by atoms with van der Waals surface area (Å²) >= 11 is 1.37. The summed E-state index contributed by atoms with van der Waals surface area (Å²) in [7, 11) is 0. The van der Waals surface area contributed by atoms with Gasteiger partial charge in [-0.25, -0.2) is 4.79 Å². The maximum atomic E-state index is 12.8. The fraction of sp³-hybridized carbons (Fsp3) is 0.500. The number of carbonyl (C=O) groups is 1. The molecule has 1 aliphatic carbocycles. The maximum absolute atomic E-state index is 12.8. The third-order valence-electron chi connectivity index (χ3n) is 5.38. The van der Waals surface area contributed by atoms with Gasteiger partial charge < -0.3 is 10.2 Å². The summed E-state index contributed by atoms with van der Waals surface area (Å²) < 4.78 is 1.86. The molecule has 1 N–H and O–H groups in total. The number of thioether (sulfide) groups is 1. The first kappa shape index (κ1) is 21.6. The van der Waals surface area contributed by atoms with Crippen LogP contribution >= 0.6 is 11.8 Å². The SMILES string of the molecule is CCN(CC)CCn1c2c(c(SCC(=O)Nc3ccccc3)nc1=O)CCCC2. The first-order valence-electron chi connectivity index (χ1n) is 10.4. The molecule has 0 aliphatic heterocycles. The van der Waals surface area contributed by atoms with E-state index in [2.05, 4.69) is 29.0 Å². The van der Waals surface area contributed by atoms with Crippen LogP contribution in [0, 0.1) is 0 Å². The summed E-state index contributed by atoms with van der Waals surface area (Å²) in [5.74, 6) is 0.162. The largest absolute Gasteiger partial charge is 0.348 e. The van der Waals surface area contributed by atoms with Crippen LogP contribution in [0.15, 0.2) is 40.2 Å². The van der Waals surface area contributed by atoms with Crippen LogP contribution in [0.2, 0.25) is 0 Å². The van der Waals surface area contributed by atoms with Gasteiger partial charge in [-0.3, -0.25) is 9.36 Å². The number of fused-ring (bicyclic) bond motifs is 1. The average Bonchev–Trinajstić information content (AvgIpc) is 2.75. The number of benzene rings is 1. The van der Waals surface area contributed by atoms with E-state index in [4.69, 9.17) is 0 Å². The first-order valence-corrected chi connectivity index (χ1v) is 11.4. The van der Waals surface area contributed by atoms with Crippen molar-refractivity contribution in [1.29, 1.82) is 0 Å². The Bertz CT molecular complexity index is 878. The third kappa shape index (κ3) is 5.70. The number of anilines is 1. The van der Waals surface area contributed by atoms with Gasteiger partial charge in [-0.05, 0) is 50.9 Å². The van der Waals surface area contributed by atoms with Gasteiger partial charge in [0.2, 0.25) is 5.91 Å². The van der Waals surface area contributed by atoms with Crippen molar-refractivity contribution in [3.05, 3.63) is 52.1 Å². The van der Waals surface area contributed by atoms with Crippen LogP contribution in [0.4, 0.5) is 5.69 Å². The number of para-hydroxylation sites is 1. The first-order chi connectivity index (χ1) is 14.1. The zero-order valence-electron chi connectivity index (χ0n) is 17.3. The van der Waals surface area contributed by atoms with Crippen molar-refractivity contribution in [3.63, 3.8) is 0 Å². The van der Waals surface area contributed by atoms with Crippen molar-refractivity contribution in [2.24, 2.45) is 0 Å². The molecule has 1 aliphatic rings. The lowest BCUT2D eigenvalue weighted by Gasteiger charge is -2.24. The topological polar surface area (TPSA) is 67.2 Å². The van der Waals surface area contributed by atoms with Crippen molar-refractivity contribution < 1.29 is 4.79 Å². The fourth-order valence-corrected chi connectivity index (χ4v) is 4.61. The summed E-state index contributed by atoms with van der Waals surface area (Å²) in [6, 6.07) is 9.41. The van der Waals surface area contributed by atoms with E-state index in [0.717, 1.165) is 67.3 Å². The zero-order chi connectivity index (χ0) is 20.6. The van der Waals surface area contributed by atoms with Gasteiger partial charge >= 0.3 is 5.69 Å². The molecule has 3 rings (SSSR count). The highest BCUT2D eigenvalue weighted by atomic mass is 32.2. The number of hydrogen-bond acceptors (Lipinski definition) is 5. The van der Waals surface area contributed by atoms with Crippen LogP contribution < -0.4 is 11.0 Å². The Morgan fingerprint density at radius 1 is 1.17 bits per heavy atom. The van der Waals surface area contributed by atoms with Gasteiger partial charge in [-0.15, -0.1) is 0 Å². The van der Waals surface area contributed by atoms with Crippen LogP contribution in [-0.2, 0) is 24.2 Å². The molecule has 0 saturated heterocycles. The van der Waals surface area contributed by atoms with Crippen LogP contribution in [0.25, 0.3) is 0 Å². The molecule has 1 heterocycles. The number of likely N-dealkylation sites (N-methyl/N-ethyl adjacent to an activating group) is 1. The number of aromatic nitrogens is 2. The molecule has 0 spiro atoms. The molecule has 0 bridgehead atoms. The monoisotopic (exact) mass is 414 g/mol. The van der Waals surface area contributed by atoms with E-state index in [1.54, 1.807) is 0 Å². The number of nitrogens with zero attached hydrogens (tertiary/aromatic N) is 3. The minimum atomic E-state index is -0.191. The Hall–Kier alpha value is -2.12. The summed E-state index contributed by atoms with van der Waals surface area (Å²) in [6.07, 6.45) is 4.04. The quantitative estimate of drug-likeness (QED) is 0.504. The highest BCUT2D eigenvalue weighted by Crippen LogP contribution is 2.28. The lowest BCUT2D eigenvalue weighted by atomic mass is 9.97. The van der Waals surface area contributed by atoms with Crippen LogP contribution in [0.5, 0.6) is 0 Å². The van der Waals surface area contributed by atoms with Crippen molar-refractivity contribution in [3.8, 4) is 0 Å². The van der Waals surface area contributed by atoms with E-state index in [-0.39, 0.29) is 17.3 Å². The summed E-state index contributed by atoms with van der Waals surface area (Å²) in [4.78, 5) is 31.7. The minimum Gasteiger partial charge on any atom is -0.325 e. The van der Waals surface area contributed by atoms with Crippen LogP contribution in [0.3, 0.4) is 0 Å². The summed E-state index contributed by atoms with van der Waals surface area (Å²) in [6.45, 7) is 7.76. The predicted molar refractivity (Wildman–Crippen MR) is 119 cm³/mol. The molecular formula is C22H30N4O2S. The minimum absolute atomic E-state index is 0.0849. The molecule has 0 radical (unpaired) electrons. The molecule has 6 nitrogen and oxygen atoms in total. The summed E-state index contributed by atoms with van der Waals surface area (Å²) in [5, 5.41) is 3.62. The average molecular weight is 415 g/mol. The maximum Gasteiger partial charge on any atom is 0.348 e. The van der Waals surface area contributed by atoms with E-state index < -0.39 is 0 Å². The molecule has 0 unspecified atom stereocenters. The van der Waals surface area contributed by atoms with Gasteiger partial charge in [-0.1, -0.05) is 43.8 Å². The smallest absolute Gasteiger partial charge is 0.325 e. The van der Waals surface area contributed by atoms with Crippen molar-refractivity contribution >= 4 is 23.4 Å². The van der Waals surface area contributed by atoms with Gasteiger partial charge in [0.25, 0.3) is 0 Å². The third-order valence-corrected chi connectivity index (χ3v) is 6.40. The Morgan fingerprint density at radius 3 is 2.62 bits per heavy atom. The molecule has 0 atom stereocenters. The van der Waals surface area contributed by atoms with E-state index in [1.807, 2.05) is 34.9 Å². The molecule has 29 heavy (non-hydrogen) atoms. The lowest BCUT2D eigenvalue weighted by Crippen LogP contribution is -2.35. The second kappa shape index (κ2) is 10.6. The highest BCUT2D eigenvalue weighted by Gasteiger charge is 2.21. The molecular weight excluding hydrogens is 384 g/mol. The van der Waals surface area contributed by atoms with Crippen molar-refractivity contribution in [1.82, 2.24) is 14.5 Å². The van der Waals surface area contributed by atoms with Crippen LogP contribution in [-0.4, -0.2) is 45.7 Å². The lowest BCUT2D eigenvalue weighted by molar-refractivity contribution is -0.113. The number of hydrogen-bond donors (Lipinski definition) is 1. The molecule has 0 fully saturated rings. The molecule has 1 amide bonds. The summed E-state index contributed by atoms with van der Waals surface area (Å²) in [5.41, 5.74) is 2.87. The number of amides is 1. The number of nitrogens with one attached hydrogen (secondary N) is 1. The highest BCUT2D eigenvalue weighted by molar-refractivity contribution is 8.00. The van der Waals surface area contributed by atoms with Crippen molar-refractivity contribution in [2.45, 2.75) is 51.1 Å². The standard InChI is InChI=1S/C22H30N4O2S/c1-3-25(4-2)14-15-26-19-13-9-8-12-18(19)21(24-22(26)28)29-16-20(27)23-17-10-6-5-7-11-17/h5-7,10-11H,3-4,8-9,12-16H2,1-2H3,(H,23,27). The van der Waals surface area contributed by atoms with Crippen molar-refractivity contribution in [2.75, 3.05) is 30.7 Å². The Labute approximate surface area is 176 Å². The van der Waals surface area contributed by atoms with E-state index in [0.29, 0.717) is 6.54 Å². The molecule has 0 saturated carbocycles. The Balaban J connectivity index is 1.73. The molecule has 156 valence electrons. The van der Waals surface area contributed by atoms with Gasteiger partial charge in [0.05, 0.1) is 5.75 Å². The molecule has 1 aromatic carbocycles. The van der Waals surface area contributed by atoms with Gasteiger partial charge in [0.15, 0.2) is 0 Å². The molecule has 7 heteroatoms. The van der Waals surface area contributed by atoms with E-state index >= 15 is 0 Å². The zero-order valence-corrected chi connectivity index (χ0v) is 18.1. The second-order valence-electron chi connectivity index (χ2n) is 7.21. The van der Waals surface area contributed by atoms with E-state index in [1.165, 1.54) is 11.8 Å². The molecule has 1 aromatic heterocycles. The normalized spacial score (nSPS) is 13.3. The Kier molecular flexibility index (Phi) is 7.89. The van der Waals surface area contributed by atoms with Crippen LogP contribution in [0.1, 0.15) is 37.9 Å². The van der Waals surface area contributed by atoms with E-state index in [9.17, 15) is 9.59 Å². The van der Waals surface area contributed by atoms with Gasteiger partial charge in [0, 0.05) is 30.0 Å². The number of carbonyl (C=O) groups excluding carboxylic acids is 1. The van der Waals surface area contributed by atoms with Gasteiger partial charge in [-0.2, -0.15) is 4.98 Å². The predicted octanol–water partition coefficient (Wildman–Crippen LogP) is 3.19. The fourth-order valence-electron chi connectivity index (χ4n) is 3.73. The Morgan fingerprint density at radius 2 is 1.90 bits per heavy atom. The van der Waals surface area contributed by atoms with Gasteiger partial charge in [0.1, 0.15) is 5.03 Å². The number of rotatable bonds is 9. The molecule has 2 aromatic rings.